The van der Waals surface area contributed by atoms with Gasteiger partial charge in [-0.15, -0.1) is 0 Å². The molecule has 9 nitrogen and oxygen atoms in total. The number of anilines is 3. The van der Waals surface area contributed by atoms with Gasteiger partial charge in [0.15, 0.2) is 24.0 Å². The van der Waals surface area contributed by atoms with E-state index in [-0.39, 0.29) is 38.5 Å². The van der Waals surface area contributed by atoms with Crippen molar-refractivity contribution in [1.29, 1.82) is 0 Å². The van der Waals surface area contributed by atoms with E-state index in [1.807, 2.05) is 27.7 Å². The number of likely N-dealkylation sites (N-methyl/N-ethyl adjacent to an activating group) is 1. The number of piperidine rings is 1. The zero-order valence-corrected chi connectivity index (χ0v) is 21.6. The Balaban J connectivity index is 0.00000176. The molecule has 2 N–H and O–H groups in total. The Labute approximate surface area is 213 Å². The minimum Gasteiger partial charge on any atom is -0.478 e. The molecule has 1 saturated heterocycles. The van der Waals surface area contributed by atoms with Gasteiger partial charge in [0, 0.05) is 40.1 Å². The fraction of sp³-hybridized carbons (Fsp3) is 0.462. The molecule has 1 aromatic carbocycles. The molecule has 1 amide bonds. The number of halogens is 1. The molecule has 0 saturated carbocycles. The number of carbonyl (C=O) groups excluding carboxylic acids is 1. The fourth-order valence-electron chi connectivity index (χ4n) is 4.06. The third-order valence-corrected chi connectivity index (χ3v) is 5.79. The normalized spacial score (nSPS) is 13.2. The van der Waals surface area contributed by atoms with Gasteiger partial charge in [-0.3, -0.25) is 9.59 Å². The lowest BCUT2D eigenvalue weighted by molar-refractivity contribution is -0.122. The summed E-state index contributed by atoms with van der Waals surface area (Å²) < 4.78 is 21.6. The second-order valence-electron chi connectivity index (χ2n) is 8.55. The van der Waals surface area contributed by atoms with E-state index >= 15 is 0 Å². The first-order valence-corrected chi connectivity index (χ1v) is 12.4. The van der Waals surface area contributed by atoms with Crippen LogP contribution in [0.1, 0.15) is 55.9 Å². The lowest BCUT2D eigenvalue weighted by Gasteiger charge is -2.26. The van der Waals surface area contributed by atoms with Crippen LogP contribution in [0.2, 0.25) is 0 Å². The number of aromatic nitrogens is 3. The Kier molecular flexibility index (Phi) is 9.21. The van der Waals surface area contributed by atoms with Gasteiger partial charge < -0.3 is 24.8 Å². The molecule has 0 spiro atoms. The molecule has 3 aromatic rings. The van der Waals surface area contributed by atoms with Crippen molar-refractivity contribution in [1.82, 2.24) is 19.9 Å². The standard InChI is InChI=1S/C24H29FN6O3.C2H6.2H2/c1-15(2)31-19-8-7-17(11-16(19)12-20(23(31)33)34-14-21(32)26-3)28-22-18(25)13-27-24(29-22)30-9-5-4-6-10-30;1-2;;/h7-8,11-13,15H,4-6,9-10,14H2,1-3H3,(H,26,32)(H,27,28,29);1-2H3;2*1H. The monoisotopic (exact) mass is 502 g/mol. The van der Waals surface area contributed by atoms with Crippen LogP contribution in [-0.2, 0) is 4.79 Å². The predicted molar refractivity (Wildman–Crippen MR) is 145 cm³/mol. The maximum atomic E-state index is 14.5. The van der Waals surface area contributed by atoms with Crippen LogP contribution in [0.15, 0.2) is 35.3 Å². The summed E-state index contributed by atoms with van der Waals surface area (Å²) in [6.45, 7) is 9.24. The highest BCUT2D eigenvalue weighted by atomic mass is 19.1. The first kappa shape index (κ1) is 26.9. The van der Waals surface area contributed by atoms with Crippen molar-refractivity contribution >= 4 is 34.3 Å². The lowest BCUT2D eigenvalue weighted by Crippen LogP contribution is -2.31. The zero-order valence-electron chi connectivity index (χ0n) is 21.6. The molecular formula is C26H39FN6O3. The maximum Gasteiger partial charge on any atom is 0.293 e. The molecule has 1 aliphatic heterocycles. The average Bonchev–Trinajstić information content (AvgIpc) is 2.90. The molecule has 0 unspecified atom stereocenters. The Hall–Kier alpha value is -3.69. The quantitative estimate of drug-likeness (QED) is 0.474. The van der Waals surface area contributed by atoms with Crippen molar-refractivity contribution in [3.05, 3.63) is 46.6 Å². The first-order valence-electron chi connectivity index (χ1n) is 12.4. The van der Waals surface area contributed by atoms with Crippen LogP contribution in [0.3, 0.4) is 0 Å². The van der Waals surface area contributed by atoms with E-state index in [0.717, 1.165) is 25.9 Å². The van der Waals surface area contributed by atoms with E-state index in [2.05, 4.69) is 25.5 Å². The molecule has 0 atom stereocenters. The van der Waals surface area contributed by atoms with E-state index in [9.17, 15) is 14.0 Å². The highest BCUT2D eigenvalue weighted by molar-refractivity contribution is 5.85. The van der Waals surface area contributed by atoms with Crippen LogP contribution in [0.25, 0.3) is 10.9 Å². The Morgan fingerprint density at radius 3 is 2.58 bits per heavy atom. The maximum absolute atomic E-state index is 14.5. The number of rotatable bonds is 7. The number of carbonyl (C=O) groups is 1. The van der Waals surface area contributed by atoms with Crippen molar-refractivity contribution in [2.75, 3.05) is 37.0 Å². The molecular weight excluding hydrogens is 463 g/mol. The summed E-state index contributed by atoms with van der Waals surface area (Å²) in [7, 11) is 1.50. The summed E-state index contributed by atoms with van der Waals surface area (Å²) in [5.41, 5.74) is 0.982. The molecule has 1 fully saturated rings. The summed E-state index contributed by atoms with van der Waals surface area (Å²) >= 11 is 0. The molecule has 0 bridgehead atoms. The summed E-state index contributed by atoms with van der Waals surface area (Å²) in [6, 6.07) is 6.83. The first-order chi connectivity index (χ1) is 17.4. The number of amides is 1. The van der Waals surface area contributed by atoms with Gasteiger partial charge in [-0.1, -0.05) is 13.8 Å². The highest BCUT2D eigenvalue weighted by Gasteiger charge is 2.17. The molecule has 0 radical (unpaired) electrons. The molecule has 1 aliphatic rings. The second kappa shape index (κ2) is 12.3. The van der Waals surface area contributed by atoms with E-state index in [0.29, 0.717) is 22.5 Å². The fourth-order valence-corrected chi connectivity index (χ4v) is 4.06. The van der Waals surface area contributed by atoms with Crippen molar-refractivity contribution in [3.63, 3.8) is 0 Å². The Bertz CT molecular complexity index is 1270. The molecule has 198 valence electrons. The van der Waals surface area contributed by atoms with Gasteiger partial charge in [0.2, 0.25) is 5.95 Å². The number of nitrogens with zero attached hydrogens (tertiary/aromatic N) is 4. The molecule has 10 heteroatoms. The van der Waals surface area contributed by atoms with Crippen molar-refractivity contribution < 1.29 is 16.8 Å². The second-order valence-corrected chi connectivity index (χ2v) is 8.55. The summed E-state index contributed by atoms with van der Waals surface area (Å²) in [4.78, 5) is 35.2. The number of fused-ring (bicyclic) bond motifs is 1. The molecule has 3 heterocycles. The van der Waals surface area contributed by atoms with E-state index < -0.39 is 5.82 Å². The van der Waals surface area contributed by atoms with Crippen LogP contribution in [0, 0.1) is 5.82 Å². The minimum atomic E-state index is -0.553. The molecule has 4 rings (SSSR count). The number of hydrogen-bond acceptors (Lipinski definition) is 7. The van der Waals surface area contributed by atoms with Gasteiger partial charge >= 0.3 is 0 Å². The number of pyridine rings is 1. The van der Waals surface area contributed by atoms with Gasteiger partial charge in [0.05, 0.1) is 11.7 Å². The summed E-state index contributed by atoms with van der Waals surface area (Å²) in [5, 5.41) is 6.21. The highest BCUT2D eigenvalue weighted by Crippen LogP contribution is 2.27. The van der Waals surface area contributed by atoms with E-state index in [1.165, 1.54) is 19.7 Å². The van der Waals surface area contributed by atoms with Gasteiger partial charge in [0.1, 0.15) is 0 Å². The van der Waals surface area contributed by atoms with Crippen LogP contribution in [0.4, 0.5) is 21.8 Å². The van der Waals surface area contributed by atoms with Gasteiger partial charge in [0.25, 0.3) is 11.5 Å². The van der Waals surface area contributed by atoms with Crippen molar-refractivity contribution in [2.45, 2.75) is 53.0 Å². The Morgan fingerprint density at radius 1 is 1.19 bits per heavy atom. The largest absolute Gasteiger partial charge is 0.478 e. The van der Waals surface area contributed by atoms with Crippen LogP contribution in [-0.4, -0.2) is 47.2 Å². The third kappa shape index (κ3) is 6.10. The minimum absolute atomic E-state index is 0. The van der Waals surface area contributed by atoms with Gasteiger partial charge in [-0.25, -0.2) is 9.37 Å². The predicted octanol–water partition coefficient (Wildman–Crippen LogP) is 4.89. The SMILES string of the molecule is CC.CNC(=O)COc1cc2cc(Nc3nc(N4CCCCC4)ncc3F)ccc2n(C(C)C)c1=O.[HH].[HH]. The summed E-state index contributed by atoms with van der Waals surface area (Å²) in [6.07, 6.45) is 4.49. The van der Waals surface area contributed by atoms with Crippen LogP contribution in [0.5, 0.6) is 5.75 Å². The van der Waals surface area contributed by atoms with Crippen molar-refractivity contribution in [3.8, 4) is 5.75 Å². The zero-order chi connectivity index (χ0) is 26.2. The van der Waals surface area contributed by atoms with E-state index in [1.54, 1.807) is 28.8 Å². The Morgan fingerprint density at radius 2 is 1.92 bits per heavy atom. The molecule has 2 aromatic heterocycles. The topological polar surface area (TPSA) is 101 Å². The smallest absolute Gasteiger partial charge is 0.293 e. The number of ether oxygens (including phenoxy) is 1. The molecule has 36 heavy (non-hydrogen) atoms. The van der Waals surface area contributed by atoms with Crippen LogP contribution >= 0.6 is 0 Å². The number of hydrogen-bond donors (Lipinski definition) is 2. The van der Waals surface area contributed by atoms with Crippen LogP contribution < -0.4 is 25.8 Å². The average molecular weight is 503 g/mol. The number of nitrogens with one attached hydrogen (secondary N) is 2. The molecule has 0 aliphatic carbocycles. The number of benzene rings is 1. The van der Waals surface area contributed by atoms with Crippen molar-refractivity contribution in [2.24, 2.45) is 0 Å². The van der Waals surface area contributed by atoms with Gasteiger partial charge in [-0.2, -0.15) is 4.98 Å². The third-order valence-electron chi connectivity index (χ3n) is 5.79. The van der Waals surface area contributed by atoms with E-state index in [4.69, 9.17) is 4.74 Å². The van der Waals surface area contributed by atoms with Gasteiger partial charge in [-0.05, 0) is 57.4 Å². The summed E-state index contributed by atoms with van der Waals surface area (Å²) in [5.74, 6) is -0.231. The lowest BCUT2D eigenvalue weighted by atomic mass is 10.1.